The van der Waals surface area contributed by atoms with Gasteiger partial charge in [-0.2, -0.15) is 0 Å². The quantitative estimate of drug-likeness (QED) is 0.549. The minimum atomic E-state index is -0.944. The van der Waals surface area contributed by atoms with Crippen molar-refractivity contribution in [3.05, 3.63) is 71.3 Å². The molecule has 196 valence electrons. The summed E-state index contributed by atoms with van der Waals surface area (Å²) in [5.41, 5.74) is 1.27. The number of likely N-dealkylation sites (N-methyl/N-ethyl adjacent to an activating group) is 1. The van der Waals surface area contributed by atoms with Crippen molar-refractivity contribution in [2.45, 2.75) is 67.7 Å². The van der Waals surface area contributed by atoms with Gasteiger partial charge in [0.1, 0.15) is 6.10 Å². The number of hydrogen-bond acceptors (Lipinski definition) is 5. The van der Waals surface area contributed by atoms with E-state index in [4.69, 9.17) is 4.74 Å². The highest BCUT2D eigenvalue weighted by Gasteiger charge is 2.73. The summed E-state index contributed by atoms with van der Waals surface area (Å²) in [6.45, 7) is 1.96. The zero-order valence-corrected chi connectivity index (χ0v) is 21.8. The van der Waals surface area contributed by atoms with E-state index in [9.17, 15) is 15.0 Å². The average molecular weight is 511 g/mol. The van der Waals surface area contributed by atoms with Gasteiger partial charge in [-0.15, -0.1) is 0 Å². The number of carbonyl (C=O) groups is 1. The molecule has 3 aliphatic carbocycles. The maximum absolute atomic E-state index is 13.9. The molecule has 2 saturated carbocycles. The number of nitrogens with zero attached hydrogens (tertiary/aromatic N) is 2. The Balaban J connectivity index is 1.20. The number of carbonyl (C=O) groups excluding carboxylic acids is 1. The normalized spacial score (nSPS) is 33.1. The second kappa shape index (κ2) is 7.73. The summed E-state index contributed by atoms with van der Waals surface area (Å²) in [7, 11) is 1.87. The summed E-state index contributed by atoms with van der Waals surface area (Å²) < 4.78 is 6.67. The van der Waals surface area contributed by atoms with E-state index in [-0.39, 0.29) is 23.7 Å². The number of fused-ring (bicyclic) bond motifs is 1. The second-order valence-corrected chi connectivity index (χ2v) is 12.4. The number of phenols is 1. The number of ether oxygens (including phenoxy) is 1. The molecule has 3 aromatic carbocycles. The minimum Gasteiger partial charge on any atom is -0.504 e. The first-order valence-electron chi connectivity index (χ1n) is 14.1. The van der Waals surface area contributed by atoms with E-state index in [0.717, 1.165) is 48.2 Å². The number of phenolic OH excluding ortho intramolecular Hbond substituents is 1. The lowest BCUT2D eigenvalue weighted by Gasteiger charge is -2.64. The molecule has 5 aliphatic rings. The van der Waals surface area contributed by atoms with E-state index >= 15 is 0 Å². The van der Waals surface area contributed by atoms with Gasteiger partial charge in [0, 0.05) is 30.8 Å². The molecule has 1 spiro atoms. The van der Waals surface area contributed by atoms with Gasteiger partial charge >= 0.3 is 0 Å². The number of likely N-dealkylation sites (tertiary alicyclic amines) is 1. The van der Waals surface area contributed by atoms with E-state index in [1.54, 1.807) is 6.07 Å². The van der Waals surface area contributed by atoms with Crippen LogP contribution in [-0.2, 0) is 11.8 Å². The molecule has 2 bridgehead atoms. The van der Waals surface area contributed by atoms with E-state index in [1.807, 2.05) is 54.4 Å². The molecule has 8 rings (SSSR count). The monoisotopic (exact) mass is 510 g/mol. The van der Waals surface area contributed by atoms with Crippen molar-refractivity contribution < 1.29 is 19.7 Å². The van der Waals surface area contributed by atoms with Gasteiger partial charge in [0.2, 0.25) is 0 Å². The number of hydrogen-bond donors (Lipinski definition) is 2. The SMILES string of the molecule is CN(C(=O)c1ccc2ccccc2c1)[C@H]1CC[C@@]2(O)[C@H]3Cc4ccc(O)c5c4[C@@]2(CCN3CC2CC2)[C@H]1O5. The summed E-state index contributed by atoms with van der Waals surface area (Å²) >= 11 is 0. The Bertz CT molecular complexity index is 1480. The summed E-state index contributed by atoms with van der Waals surface area (Å²) in [4.78, 5) is 18.2. The van der Waals surface area contributed by atoms with Crippen molar-refractivity contribution >= 4 is 16.7 Å². The predicted molar refractivity (Wildman–Crippen MR) is 145 cm³/mol. The third kappa shape index (κ3) is 2.88. The van der Waals surface area contributed by atoms with Crippen LogP contribution in [0.5, 0.6) is 11.5 Å². The molecule has 2 heterocycles. The van der Waals surface area contributed by atoms with E-state index < -0.39 is 17.1 Å². The van der Waals surface area contributed by atoms with Crippen molar-refractivity contribution in [1.29, 1.82) is 0 Å². The first-order chi connectivity index (χ1) is 18.4. The van der Waals surface area contributed by atoms with Crippen LogP contribution < -0.4 is 4.74 Å². The number of aromatic hydroxyl groups is 1. The van der Waals surface area contributed by atoms with E-state index in [0.29, 0.717) is 24.2 Å². The molecule has 1 amide bonds. The van der Waals surface area contributed by atoms with Crippen LogP contribution in [0.1, 0.15) is 53.6 Å². The molecule has 0 unspecified atom stereocenters. The van der Waals surface area contributed by atoms with Crippen molar-refractivity contribution in [1.82, 2.24) is 9.80 Å². The molecule has 0 aromatic heterocycles. The molecule has 38 heavy (non-hydrogen) atoms. The number of amides is 1. The zero-order chi connectivity index (χ0) is 25.8. The molecule has 2 aliphatic heterocycles. The molecule has 2 N–H and O–H groups in total. The molecule has 1 saturated heterocycles. The maximum atomic E-state index is 13.9. The first kappa shape index (κ1) is 22.9. The summed E-state index contributed by atoms with van der Waals surface area (Å²) in [5.74, 6) is 1.38. The molecule has 6 heteroatoms. The van der Waals surface area contributed by atoms with Crippen LogP contribution >= 0.6 is 0 Å². The van der Waals surface area contributed by atoms with Crippen molar-refractivity contribution in [3.63, 3.8) is 0 Å². The van der Waals surface area contributed by atoms with Crippen LogP contribution in [-0.4, -0.2) is 69.8 Å². The Hall–Kier alpha value is -3.09. The summed E-state index contributed by atoms with van der Waals surface area (Å²) in [6.07, 6.45) is 5.01. The van der Waals surface area contributed by atoms with Crippen LogP contribution in [0, 0.1) is 5.92 Å². The van der Waals surface area contributed by atoms with Gasteiger partial charge in [0.25, 0.3) is 5.91 Å². The number of aliphatic hydroxyl groups is 1. The lowest BCUT2D eigenvalue weighted by Crippen LogP contribution is -2.78. The lowest BCUT2D eigenvalue weighted by atomic mass is 9.48. The summed E-state index contributed by atoms with van der Waals surface area (Å²) in [5, 5.41) is 25.7. The lowest BCUT2D eigenvalue weighted by molar-refractivity contribution is -0.197. The van der Waals surface area contributed by atoms with E-state index in [2.05, 4.69) is 11.0 Å². The molecule has 5 atom stereocenters. The third-order valence-corrected chi connectivity index (χ3v) is 10.5. The van der Waals surface area contributed by atoms with Crippen LogP contribution in [0.2, 0.25) is 0 Å². The van der Waals surface area contributed by atoms with Crippen molar-refractivity contribution in [3.8, 4) is 11.5 Å². The number of benzene rings is 3. The standard InChI is InChI=1S/C32H34N2O4/c1-33(30(36)23-9-8-20-4-2-3-5-21(20)16-23)24-12-13-32(37)26-17-22-10-11-25(35)28-27(22)31(32,29(24)38-28)14-15-34(26)18-19-6-7-19/h2-5,8-11,16,19,24,26,29,35,37H,6-7,12-15,17-18H2,1H3/t24-,26+,29-,31-,32+/m0/s1. The number of rotatable bonds is 4. The van der Waals surface area contributed by atoms with Crippen molar-refractivity contribution in [2.75, 3.05) is 20.1 Å². The minimum absolute atomic E-state index is 0.0355. The highest BCUT2D eigenvalue weighted by molar-refractivity contribution is 5.98. The number of piperidine rings is 1. The van der Waals surface area contributed by atoms with Crippen molar-refractivity contribution in [2.24, 2.45) is 5.92 Å². The van der Waals surface area contributed by atoms with Gasteiger partial charge in [-0.1, -0.05) is 36.4 Å². The summed E-state index contributed by atoms with van der Waals surface area (Å²) in [6, 6.07) is 17.6. The van der Waals surface area contributed by atoms with Gasteiger partial charge in [0.15, 0.2) is 11.5 Å². The van der Waals surface area contributed by atoms with Crippen LogP contribution in [0.4, 0.5) is 0 Å². The molecular weight excluding hydrogens is 476 g/mol. The fourth-order valence-corrected chi connectivity index (χ4v) is 8.53. The van der Waals surface area contributed by atoms with Crippen LogP contribution in [0.3, 0.4) is 0 Å². The molecular formula is C32H34N2O4. The smallest absolute Gasteiger partial charge is 0.253 e. The zero-order valence-electron chi connectivity index (χ0n) is 21.8. The highest BCUT2D eigenvalue weighted by atomic mass is 16.5. The van der Waals surface area contributed by atoms with Gasteiger partial charge in [-0.05, 0) is 85.5 Å². The first-order valence-corrected chi connectivity index (χ1v) is 14.1. The molecule has 0 radical (unpaired) electrons. The Labute approximate surface area is 222 Å². The van der Waals surface area contributed by atoms with Gasteiger partial charge < -0.3 is 19.8 Å². The van der Waals surface area contributed by atoms with Gasteiger partial charge in [0.05, 0.1) is 17.1 Å². The maximum Gasteiger partial charge on any atom is 0.253 e. The fourth-order valence-electron chi connectivity index (χ4n) is 8.53. The average Bonchev–Trinajstić information content (AvgIpc) is 3.67. The Morgan fingerprint density at radius 1 is 1.08 bits per heavy atom. The van der Waals surface area contributed by atoms with E-state index in [1.165, 1.54) is 18.4 Å². The second-order valence-electron chi connectivity index (χ2n) is 12.4. The fraction of sp³-hybridized carbons (Fsp3) is 0.469. The largest absolute Gasteiger partial charge is 0.504 e. The predicted octanol–water partition coefficient (Wildman–Crippen LogP) is 4.25. The topological polar surface area (TPSA) is 73.2 Å². The van der Waals surface area contributed by atoms with Gasteiger partial charge in [-0.25, -0.2) is 0 Å². The Morgan fingerprint density at radius 3 is 2.71 bits per heavy atom. The third-order valence-electron chi connectivity index (χ3n) is 10.5. The van der Waals surface area contributed by atoms with Gasteiger partial charge in [-0.3, -0.25) is 9.69 Å². The molecule has 6 nitrogen and oxygen atoms in total. The highest BCUT2D eigenvalue weighted by Crippen LogP contribution is 2.66. The Kier molecular flexibility index (Phi) is 4.65. The Morgan fingerprint density at radius 2 is 1.89 bits per heavy atom. The van der Waals surface area contributed by atoms with Crippen LogP contribution in [0.25, 0.3) is 10.8 Å². The molecule has 3 aromatic rings. The molecule has 3 fully saturated rings. The van der Waals surface area contributed by atoms with Crippen LogP contribution in [0.15, 0.2) is 54.6 Å².